The van der Waals surface area contributed by atoms with Crippen LogP contribution in [0.4, 0.5) is 5.69 Å². The van der Waals surface area contributed by atoms with Gasteiger partial charge >= 0.3 is 0 Å². The number of nitrogens with zero attached hydrogens (tertiary/aromatic N) is 1. The summed E-state index contributed by atoms with van der Waals surface area (Å²) in [6, 6.07) is 10.4. The summed E-state index contributed by atoms with van der Waals surface area (Å²) < 4.78 is 1.12. The number of pyridine rings is 1. The number of benzene rings is 1. The van der Waals surface area contributed by atoms with Crippen LogP contribution in [0, 0.1) is 6.92 Å². The van der Waals surface area contributed by atoms with Gasteiger partial charge in [0.1, 0.15) is 0 Å². The molecule has 0 aliphatic heterocycles. The van der Waals surface area contributed by atoms with Gasteiger partial charge in [-0.2, -0.15) is 0 Å². The zero-order valence-corrected chi connectivity index (χ0v) is 11.4. The van der Waals surface area contributed by atoms with E-state index < -0.39 is 0 Å². The maximum Gasteiger partial charge on any atom is 0.0484 e. The van der Waals surface area contributed by atoms with Crippen molar-refractivity contribution in [2.75, 3.05) is 11.9 Å². The Kier molecular flexibility index (Phi) is 4.15. The third-order valence-corrected chi connectivity index (χ3v) is 3.26. The topological polar surface area (TPSA) is 24.9 Å². The van der Waals surface area contributed by atoms with Crippen LogP contribution < -0.4 is 5.32 Å². The molecule has 0 unspecified atom stereocenters. The Balaban J connectivity index is 1.90. The van der Waals surface area contributed by atoms with Crippen LogP contribution in [0.5, 0.6) is 0 Å². The minimum Gasteiger partial charge on any atom is -0.384 e. The Bertz CT molecular complexity index is 483. The predicted molar refractivity (Wildman–Crippen MR) is 75.3 cm³/mol. The highest BCUT2D eigenvalue weighted by molar-refractivity contribution is 9.10. The van der Waals surface area contributed by atoms with Crippen molar-refractivity contribution < 1.29 is 0 Å². The summed E-state index contributed by atoms with van der Waals surface area (Å²) in [5.74, 6) is 0. The lowest BCUT2D eigenvalue weighted by Gasteiger charge is -2.09. The molecule has 0 fully saturated rings. The lowest BCUT2D eigenvalue weighted by Crippen LogP contribution is -2.05. The quantitative estimate of drug-likeness (QED) is 0.926. The van der Waals surface area contributed by atoms with Gasteiger partial charge in [0.2, 0.25) is 0 Å². The van der Waals surface area contributed by atoms with E-state index in [-0.39, 0.29) is 0 Å². The van der Waals surface area contributed by atoms with Gasteiger partial charge in [0.25, 0.3) is 0 Å². The van der Waals surface area contributed by atoms with Gasteiger partial charge in [-0.1, -0.05) is 6.07 Å². The summed E-state index contributed by atoms with van der Waals surface area (Å²) in [5.41, 5.74) is 3.71. The number of hydrogen-bond donors (Lipinski definition) is 1. The van der Waals surface area contributed by atoms with Crippen molar-refractivity contribution in [2.45, 2.75) is 13.3 Å². The largest absolute Gasteiger partial charge is 0.384 e. The molecular formula is C14H15BrN2. The summed E-state index contributed by atoms with van der Waals surface area (Å²) in [6.45, 7) is 3.01. The Labute approximate surface area is 110 Å². The molecular weight excluding hydrogens is 276 g/mol. The molecule has 2 nitrogen and oxygen atoms in total. The first-order chi connectivity index (χ1) is 8.25. The van der Waals surface area contributed by atoms with Crippen LogP contribution in [0.1, 0.15) is 11.1 Å². The van der Waals surface area contributed by atoms with Gasteiger partial charge in [-0.05, 0) is 64.7 Å². The van der Waals surface area contributed by atoms with E-state index in [4.69, 9.17) is 0 Å². The number of anilines is 1. The van der Waals surface area contributed by atoms with Gasteiger partial charge in [0.05, 0.1) is 0 Å². The van der Waals surface area contributed by atoms with Crippen LogP contribution in [0.3, 0.4) is 0 Å². The molecule has 0 bridgehead atoms. The highest BCUT2D eigenvalue weighted by Crippen LogP contribution is 2.23. The van der Waals surface area contributed by atoms with Gasteiger partial charge in [-0.15, -0.1) is 0 Å². The minimum absolute atomic E-state index is 0.922. The van der Waals surface area contributed by atoms with Crippen LogP contribution in [-0.4, -0.2) is 11.5 Å². The monoisotopic (exact) mass is 290 g/mol. The van der Waals surface area contributed by atoms with Crippen molar-refractivity contribution in [3.05, 3.63) is 58.3 Å². The molecule has 2 rings (SSSR count). The van der Waals surface area contributed by atoms with E-state index in [0.29, 0.717) is 0 Å². The van der Waals surface area contributed by atoms with E-state index >= 15 is 0 Å². The molecule has 0 amide bonds. The summed E-state index contributed by atoms with van der Waals surface area (Å²) in [7, 11) is 0. The average molecular weight is 291 g/mol. The number of aromatic nitrogens is 1. The maximum atomic E-state index is 4.01. The zero-order chi connectivity index (χ0) is 12.1. The first-order valence-electron chi connectivity index (χ1n) is 5.64. The lowest BCUT2D eigenvalue weighted by atomic mass is 10.2. The number of hydrogen-bond acceptors (Lipinski definition) is 2. The van der Waals surface area contributed by atoms with E-state index in [1.807, 2.05) is 24.5 Å². The highest BCUT2D eigenvalue weighted by Gasteiger charge is 1.99. The standard InChI is InChI=1S/C14H15BrN2/c1-11-2-3-14(13(15)10-11)17-9-6-12-4-7-16-8-5-12/h2-5,7-8,10,17H,6,9H2,1H3. The molecule has 1 N–H and O–H groups in total. The van der Waals surface area contributed by atoms with Crippen LogP contribution in [-0.2, 0) is 6.42 Å². The fraction of sp³-hybridized carbons (Fsp3) is 0.214. The van der Waals surface area contributed by atoms with Crippen molar-refractivity contribution in [3.8, 4) is 0 Å². The number of halogens is 1. The van der Waals surface area contributed by atoms with Gasteiger partial charge < -0.3 is 5.32 Å². The Morgan fingerprint density at radius 1 is 1.18 bits per heavy atom. The third-order valence-electron chi connectivity index (χ3n) is 2.60. The van der Waals surface area contributed by atoms with Crippen molar-refractivity contribution in [1.29, 1.82) is 0 Å². The van der Waals surface area contributed by atoms with E-state index in [0.717, 1.165) is 23.1 Å². The van der Waals surface area contributed by atoms with E-state index in [1.54, 1.807) is 0 Å². The predicted octanol–water partition coefficient (Wildman–Crippen LogP) is 3.81. The molecule has 1 aromatic carbocycles. The molecule has 0 saturated heterocycles. The number of nitrogens with one attached hydrogen (secondary N) is 1. The lowest BCUT2D eigenvalue weighted by molar-refractivity contribution is 1.01. The molecule has 0 atom stereocenters. The molecule has 1 aromatic heterocycles. The van der Waals surface area contributed by atoms with Crippen LogP contribution in [0.2, 0.25) is 0 Å². The molecule has 2 aromatic rings. The summed E-state index contributed by atoms with van der Waals surface area (Å²) >= 11 is 3.56. The second kappa shape index (κ2) is 5.82. The molecule has 1 heterocycles. The normalized spacial score (nSPS) is 10.2. The van der Waals surface area contributed by atoms with Crippen molar-refractivity contribution in [2.24, 2.45) is 0 Å². The molecule has 3 heteroatoms. The van der Waals surface area contributed by atoms with Crippen molar-refractivity contribution in [1.82, 2.24) is 4.98 Å². The average Bonchev–Trinajstić information content (AvgIpc) is 2.33. The Hall–Kier alpha value is -1.35. The van der Waals surface area contributed by atoms with Gasteiger partial charge in [0.15, 0.2) is 0 Å². The fourth-order valence-corrected chi connectivity index (χ4v) is 2.29. The minimum atomic E-state index is 0.922. The smallest absolute Gasteiger partial charge is 0.0484 e. The summed E-state index contributed by atoms with van der Waals surface area (Å²) in [5, 5.41) is 3.42. The summed E-state index contributed by atoms with van der Waals surface area (Å²) in [4.78, 5) is 4.01. The Morgan fingerprint density at radius 2 is 1.94 bits per heavy atom. The van der Waals surface area contributed by atoms with Gasteiger partial charge in [0, 0.05) is 29.1 Å². The molecule has 88 valence electrons. The van der Waals surface area contributed by atoms with E-state index in [9.17, 15) is 0 Å². The molecule has 0 saturated carbocycles. The van der Waals surface area contributed by atoms with Crippen molar-refractivity contribution in [3.63, 3.8) is 0 Å². The zero-order valence-electron chi connectivity index (χ0n) is 9.78. The molecule has 0 radical (unpaired) electrons. The van der Waals surface area contributed by atoms with Gasteiger partial charge in [-0.3, -0.25) is 4.98 Å². The molecule has 0 aliphatic carbocycles. The first kappa shape index (κ1) is 12.1. The summed E-state index contributed by atoms with van der Waals surface area (Å²) in [6.07, 6.45) is 4.66. The fourth-order valence-electron chi connectivity index (χ4n) is 1.65. The highest BCUT2D eigenvalue weighted by atomic mass is 79.9. The van der Waals surface area contributed by atoms with Crippen LogP contribution in [0.25, 0.3) is 0 Å². The number of rotatable bonds is 4. The molecule has 17 heavy (non-hydrogen) atoms. The third kappa shape index (κ3) is 3.56. The van der Waals surface area contributed by atoms with Crippen molar-refractivity contribution >= 4 is 21.6 Å². The first-order valence-corrected chi connectivity index (χ1v) is 6.44. The van der Waals surface area contributed by atoms with Crippen LogP contribution >= 0.6 is 15.9 Å². The van der Waals surface area contributed by atoms with E-state index in [2.05, 4.69) is 51.4 Å². The second-order valence-electron chi connectivity index (χ2n) is 4.02. The SMILES string of the molecule is Cc1ccc(NCCc2ccncc2)c(Br)c1. The van der Waals surface area contributed by atoms with Gasteiger partial charge in [-0.25, -0.2) is 0 Å². The van der Waals surface area contributed by atoms with E-state index in [1.165, 1.54) is 11.1 Å². The number of aryl methyl sites for hydroxylation is 1. The second-order valence-corrected chi connectivity index (χ2v) is 4.87. The maximum absolute atomic E-state index is 4.01. The molecule has 0 aliphatic rings. The molecule has 0 spiro atoms. The van der Waals surface area contributed by atoms with Crippen LogP contribution in [0.15, 0.2) is 47.2 Å². The Morgan fingerprint density at radius 3 is 2.65 bits per heavy atom.